The van der Waals surface area contributed by atoms with Gasteiger partial charge in [0.2, 0.25) is 0 Å². The van der Waals surface area contributed by atoms with E-state index in [2.05, 4.69) is 10.3 Å². The molecule has 31 heavy (non-hydrogen) atoms. The van der Waals surface area contributed by atoms with E-state index in [1.165, 1.54) is 12.1 Å². The zero-order valence-electron chi connectivity index (χ0n) is 16.3. The van der Waals surface area contributed by atoms with Gasteiger partial charge in [0.15, 0.2) is 11.5 Å². The number of nitrogens with one attached hydrogen (secondary N) is 2. The summed E-state index contributed by atoms with van der Waals surface area (Å²) >= 11 is 0. The van der Waals surface area contributed by atoms with Crippen LogP contribution in [0.4, 0.5) is 5.69 Å². The Kier molecular flexibility index (Phi) is 4.51. The first-order valence-corrected chi connectivity index (χ1v) is 9.66. The standard InChI is InChI=1S/C23H17N3O5/c27-21(24-15-7-9-19-20(13-15)31-11-10-30-19)14-6-8-17-18(12-14)25-23(29)26(22(17)28)16-4-2-1-3-5-16/h1-9,12-13H,10-11H2,(H,24,27)(H,25,29). The maximum Gasteiger partial charge on any atom is 0.333 e. The lowest BCUT2D eigenvalue weighted by Gasteiger charge is -2.19. The van der Waals surface area contributed by atoms with E-state index in [1.807, 2.05) is 0 Å². The van der Waals surface area contributed by atoms with Crippen LogP contribution in [-0.4, -0.2) is 28.7 Å². The third-order valence-corrected chi connectivity index (χ3v) is 4.97. The minimum absolute atomic E-state index is 0.289. The number of anilines is 1. The summed E-state index contributed by atoms with van der Waals surface area (Å²) in [5.74, 6) is 0.808. The summed E-state index contributed by atoms with van der Waals surface area (Å²) in [6, 6.07) is 18.4. The lowest BCUT2D eigenvalue weighted by atomic mass is 10.1. The van der Waals surface area contributed by atoms with Gasteiger partial charge in [-0.3, -0.25) is 9.59 Å². The van der Waals surface area contributed by atoms with Crippen molar-refractivity contribution in [2.45, 2.75) is 0 Å². The number of amides is 1. The van der Waals surface area contributed by atoms with Crippen molar-refractivity contribution in [1.82, 2.24) is 9.55 Å². The van der Waals surface area contributed by atoms with Gasteiger partial charge in [0.05, 0.1) is 16.6 Å². The van der Waals surface area contributed by atoms with Crippen molar-refractivity contribution in [3.05, 3.63) is 93.1 Å². The summed E-state index contributed by atoms with van der Waals surface area (Å²) < 4.78 is 12.1. The lowest BCUT2D eigenvalue weighted by molar-refractivity contribution is 0.102. The maximum absolute atomic E-state index is 12.9. The molecule has 8 nitrogen and oxygen atoms in total. The molecule has 3 aromatic carbocycles. The van der Waals surface area contributed by atoms with Gasteiger partial charge in [-0.1, -0.05) is 18.2 Å². The maximum atomic E-state index is 12.9. The molecule has 0 aliphatic carbocycles. The molecule has 1 aromatic heterocycles. The number of hydrogen-bond donors (Lipinski definition) is 2. The quantitative estimate of drug-likeness (QED) is 0.536. The molecule has 0 radical (unpaired) electrons. The second kappa shape index (κ2) is 7.49. The fraction of sp³-hybridized carbons (Fsp3) is 0.0870. The van der Waals surface area contributed by atoms with Gasteiger partial charge >= 0.3 is 5.69 Å². The SMILES string of the molecule is O=C(Nc1ccc2c(c1)OCCO2)c1ccc2c(=O)n(-c3ccccc3)c(=O)[nH]c2c1. The van der Waals surface area contributed by atoms with Crippen molar-refractivity contribution in [3.63, 3.8) is 0 Å². The monoisotopic (exact) mass is 415 g/mol. The van der Waals surface area contributed by atoms with Gasteiger partial charge in [-0.25, -0.2) is 9.36 Å². The zero-order chi connectivity index (χ0) is 21.4. The molecule has 0 bridgehead atoms. The van der Waals surface area contributed by atoms with E-state index < -0.39 is 11.2 Å². The van der Waals surface area contributed by atoms with E-state index in [9.17, 15) is 14.4 Å². The predicted molar refractivity (Wildman–Crippen MR) is 116 cm³/mol. The van der Waals surface area contributed by atoms with E-state index in [1.54, 1.807) is 54.6 Å². The van der Waals surface area contributed by atoms with E-state index in [0.29, 0.717) is 47.0 Å². The summed E-state index contributed by atoms with van der Waals surface area (Å²) in [5, 5.41) is 3.09. The third kappa shape index (κ3) is 3.44. The lowest BCUT2D eigenvalue weighted by Crippen LogP contribution is -2.33. The molecule has 0 saturated heterocycles. The van der Waals surface area contributed by atoms with E-state index >= 15 is 0 Å². The molecule has 2 heterocycles. The van der Waals surface area contributed by atoms with Crippen LogP contribution in [0.5, 0.6) is 11.5 Å². The second-order valence-corrected chi connectivity index (χ2v) is 6.98. The van der Waals surface area contributed by atoms with Gasteiger partial charge in [-0.2, -0.15) is 0 Å². The van der Waals surface area contributed by atoms with Crippen molar-refractivity contribution in [2.75, 3.05) is 18.5 Å². The number of aromatic amines is 1. The molecule has 154 valence electrons. The molecule has 4 aromatic rings. The largest absolute Gasteiger partial charge is 0.486 e. The number of para-hydroxylation sites is 1. The Morgan fingerprint density at radius 2 is 1.68 bits per heavy atom. The fourth-order valence-corrected chi connectivity index (χ4v) is 3.50. The van der Waals surface area contributed by atoms with Crippen LogP contribution in [0.3, 0.4) is 0 Å². The minimum Gasteiger partial charge on any atom is -0.486 e. The van der Waals surface area contributed by atoms with Crippen LogP contribution in [0.1, 0.15) is 10.4 Å². The Morgan fingerprint density at radius 1 is 0.903 bits per heavy atom. The van der Waals surface area contributed by atoms with E-state index in [0.717, 1.165) is 4.57 Å². The van der Waals surface area contributed by atoms with Gasteiger partial charge in [0, 0.05) is 17.3 Å². The summed E-state index contributed by atoms with van der Waals surface area (Å²) in [6.07, 6.45) is 0. The highest BCUT2D eigenvalue weighted by Crippen LogP contribution is 2.32. The number of H-pyrrole nitrogens is 1. The Balaban J connectivity index is 1.48. The minimum atomic E-state index is -0.576. The Hall–Kier alpha value is -4.33. The molecule has 0 fully saturated rings. The summed E-state index contributed by atoms with van der Waals surface area (Å²) in [5.41, 5.74) is 0.571. The molecular formula is C23H17N3O5. The third-order valence-electron chi connectivity index (χ3n) is 4.97. The van der Waals surface area contributed by atoms with Crippen molar-refractivity contribution in [1.29, 1.82) is 0 Å². The van der Waals surface area contributed by atoms with Crippen LogP contribution >= 0.6 is 0 Å². The fourth-order valence-electron chi connectivity index (χ4n) is 3.50. The smallest absolute Gasteiger partial charge is 0.333 e. The van der Waals surface area contributed by atoms with Gasteiger partial charge in [0.25, 0.3) is 11.5 Å². The number of carbonyl (C=O) groups is 1. The molecule has 8 heteroatoms. The molecular weight excluding hydrogens is 398 g/mol. The number of aromatic nitrogens is 2. The van der Waals surface area contributed by atoms with Crippen LogP contribution in [-0.2, 0) is 0 Å². The van der Waals surface area contributed by atoms with E-state index in [-0.39, 0.29) is 11.4 Å². The highest BCUT2D eigenvalue weighted by Gasteiger charge is 2.15. The summed E-state index contributed by atoms with van der Waals surface area (Å²) in [6.45, 7) is 0.933. The number of benzene rings is 3. The van der Waals surface area contributed by atoms with Crippen LogP contribution in [0.15, 0.2) is 76.3 Å². The van der Waals surface area contributed by atoms with Gasteiger partial charge < -0.3 is 19.8 Å². The summed E-state index contributed by atoms with van der Waals surface area (Å²) in [7, 11) is 0. The van der Waals surface area contributed by atoms with Crippen molar-refractivity contribution in [3.8, 4) is 17.2 Å². The zero-order valence-corrected chi connectivity index (χ0v) is 16.3. The van der Waals surface area contributed by atoms with Crippen LogP contribution in [0, 0.1) is 0 Å². The second-order valence-electron chi connectivity index (χ2n) is 6.98. The Bertz CT molecular complexity index is 1420. The Labute approximate surface area is 175 Å². The van der Waals surface area contributed by atoms with Crippen LogP contribution in [0.2, 0.25) is 0 Å². The van der Waals surface area contributed by atoms with Crippen LogP contribution < -0.4 is 26.0 Å². The molecule has 1 amide bonds. The van der Waals surface area contributed by atoms with Crippen molar-refractivity contribution >= 4 is 22.5 Å². The first-order valence-electron chi connectivity index (χ1n) is 9.66. The first-order chi connectivity index (χ1) is 15.1. The molecule has 0 unspecified atom stereocenters. The first kappa shape index (κ1) is 18.7. The molecule has 1 aliphatic heterocycles. The number of ether oxygens (including phenoxy) is 2. The number of hydrogen-bond acceptors (Lipinski definition) is 5. The normalized spacial score (nSPS) is 12.5. The predicted octanol–water partition coefficient (Wildman–Crippen LogP) is 2.70. The van der Waals surface area contributed by atoms with Gasteiger partial charge in [0.1, 0.15) is 13.2 Å². The highest BCUT2D eigenvalue weighted by atomic mass is 16.6. The molecule has 1 aliphatic rings. The number of rotatable bonds is 3. The topological polar surface area (TPSA) is 102 Å². The number of nitrogens with zero attached hydrogens (tertiary/aromatic N) is 1. The van der Waals surface area contributed by atoms with Gasteiger partial charge in [-0.15, -0.1) is 0 Å². The van der Waals surface area contributed by atoms with Gasteiger partial charge in [-0.05, 0) is 42.5 Å². The van der Waals surface area contributed by atoms with E-state index in [4.69, 9.17) is 9.47 Å². The number of carbonyl (C=O) groups excluding carboxylic acids is 1. The van der Waals surface area contributed by atoms with Crippen molar-refractivity contribution in [2.24, 2.45) is 0 Å². The molecule has 0 saturated carbocycles. The molecule has 5 rings (SSSR count). The van der Waals surface area contributed by atoms with Crippen LogP contribution in [0.25, 0.3) is 16.6 Å². The molecule has 0 atom stereocenters. The number of fused-ring (bicyclic) bond motifs is 2. The molecule has 0 spiro atoms. The average Bonchev–Trinajstić information content (AvgIpc) is 2.79. The van der Waals surface area contributed by atoms with Crippen molar-refractivity contribution < 1.29 is 14.3 Å². The summed E-state index contributed by atoms with van der Waals surface area (Å²) in [4.78, 5) is 40.8. The highest BCUT2D eigenvalue weighted by molar-refractivity contribution is 6.06. The Morgan fingerprint density at radius 3 is 2.48 bits per heavy atom. The average molecular weight is 415 g/mol. The molecule has 2 N–H and O–H groups in total.